The highest BCUT2D eigenvalue weighted by molar-refractivity contribution is 6.32. The minimum absolute atomic E-state index is 0.0914. The Hall–Kier alpha value is -4.36. The Balaban J connectivity index is 1.25. The molecular formula is C31H29ClN4O3. The van der Waals surface area contributed by atoms with Gasteiger partial charge in [-0.2, -0.15) is 5.10 Å². The Morgan fingerprint density at radius 3 is 2.41 bits per heavy atom. The fourth-order valence-corrected chi connectivity index (χ4v) is 5.09. The Labute approximate surface area is 232 Å². The van der Waals surface area contributed by atoms with Crippen molar-refractivity contribution in [2.75, 3.05) is 31.1 Å². The summed E-state index contributed by atoms with van der Waals surface area (Å²) >= 11 is 5.89. The normalized spacial score (nSPS) is 13.7. The van der Waals surface area contributed by atoms with Crippen molar-refractivity contribution in [3.8, 4) is 5.75 Å². The quantitative estimate of drug-likeness (QED) is 0.261. The molecule has 0 atom stereocenters. The summed E-state index contributed by atoms with van der Waals surface area (Å²) in [5.41, 5.74) is 7.03. The third kappa shape index (κ3) is 5.89. The van der Waals surface area contributed by atoms with Crippen molar-refractivity contribution in [3.05, 3.63) is 106 Å². The van der Waals surface area contributed by atoms with Gasteiger partial charge >= 0.3 is 0 Å². The zero-order chi connectivity index (χ0) is 27.4. The molecule has 8 heteroatoms. The number of amides is 2. The van der Waals surface area contributed by atoms with Crippen molar-refractivity contribution in [2.24, 2.45) is 5.10 Å². The first-order valence-corrected chi connectivity index (χ1v) is 13.2. The van der Waals surface area contributed by atoms with Crippen LogP contribution >= 0.6 is 11.6 Å². The maximum absolute atomic E-state index is 13.2. The monoisotopic (exact) mass is 540 g/mol. The van der Waals surface area contributed by atoms with E-state index in [9.17, 15) is 14.7 Å². The Morgan fingerprint density at radius 1 is 0.949 bits per heavy atom. The fraction of sp³-hybridized carbons (Fsp3) is 0.194. The number of para-hydroxylation sites is 1. The van der Waals surface area contributed by atoms with Gasteiger partial charge in [-0.05, 0) is 53.1 Å². The number of anilines is 1. The number of aromatic hydroxyl groups is 1. The van der Waals surface area contributed by atoms with Crippen molar-refractivity contribution >= 4 is 46.1 Å². The molecule has 0 bridgehead atoms. The first-order valence-electron chi connectivity index (χ1n) is 12.8. The number of nitrogens with zero attached hydrogens (tertiary/aromatic N) is 3. The van der Waals surface area contributed by atoms with Gasteiger partial charge in [0.1, 0.15) is 5.75 Å². The van der Waals surface area contributed by atoms with Gasteiger partial charge < -0.3 is 14.9 Å². The summed E-state index contributed by atoms with van der Waals surface area (Å²) in [5, 5.41) is 15.7. The van der Waals surface area contributed by atoms with Crippen LogP contribution in [0.25, 0.3) is 10.8 Å². The van der Waals surface area contributed by atoms with Crippen LogP contribution in [0.15, 0.2) is 84.0 Å². The van der Waals surface area contributed by atoms with Gasteiger partial charge in [0.05, 0.1) is 17.7 Å². The van der Waals surface area contributed by atoms with Crippen LogP contribution < -0.4 is 10.3 Å². The summed E-state index contributed by atoms with van der Waals surface area (Å²) in [5.74, 6) is -0.417. The van der Waals surface area contributed by atoms with E-state index in [-0.39, 0.29) is 22.2 Å². The molecule has 0 radical (unpaired) electrons. The molecule has 1 heterocycles. The van der Waals surface area contributed by atoms with Gasteiger partial charge in [0, 0.05) is 43.0 Å². The molecule has 2 N–H and O–H groups in total. The number of piperazine rings is 1. The van der Waals surface area contributed by atoms with E-state index in [1.165, 1.54) is 29.4 Å². The topological polar surface area (TPSA) is 85.2 Å². The molecule has 2 amide bonds. The molecule has 0 unspecified atom stereocenters. The van der Waals surface area contributed by atoms with Gasteiger partial charge in [-0.15, -0.1) is 0 Å². The summed E-state index contributed by atoms with van der Waals surface area (Å²) in [7, 11) is 0. The van der Waals surface area contributed by atoms with E-state index in [2.05, 4.69) is 40.5 Å². The van der Waals surface area contributed by atoms with Crippen molar-refractivity contribution in [1.82, 2.24) is 10.3 Å². The van der Waals surface area contributed by atoms with E-state index in [1.807, 2.05) is 47.4 Å². The number of carbonyl (C=O) groups is 2. The van der Waals surface area contributed by atoms with Crippen LogP contribution in [-0.4, -0.2) is 54.2 Å². The lowest BCUT2D eigenvalue weighted by Gasteiger charge is -2.37. The molecular weight excluding hydrogens is 512 g/mol. The number of rotatable bonds is 6. The second-order valence-corrected chi connectivity index (χ2v) is 9.96. The van der Waals surface area contributed by atoms with Crippen LogP contribution in [0.4, 0.5) is 5.69 Å². The van der Waals surface area contributed by atoms with E-state index in [1.54, 1.807) is 6.21 Å². The van der Waals surface area contributed by atoms with E-state index in [4.69, 9.17) is 11.6 Å². The maximum atomic E-state index is 13.2. The van der Waals surface area contributed by atoms with Crippen molar-refractivity contribution in [3.63, 3.8) is 0 Å². The molecule has 0 aromatic heterocycles. The van der Waals surface area contributed by atoms with Gasteiger partial charge in [-0.1, -0.05) is 66.2 Å². The average molecular weight is 541 g/mol. The lowest BCUT2D eigenvalue weighted by Crippen LogP contribution is -2.49. The van der Waals surface area contributed by atoms with Gasteiger partial charge in [0.2, 0.25) is 5.91 Å². The number of aryl methyl sites for hydroxylation is 1. The number of hydrogen-bond acceptors (Lipinski definition) is 5. The standard InChI is InChI=1S/C31H29ClN4O3/c1-21-6-2-5-9-28(21)35-14-16-36(17-15-35)30(38)19-22-10-11-24(26-8-4-3-7-25(22)26)20-33-34-31(39)23-12-13-29(37)27(32)18-23/h2-13,18,20,37H,14-17,19H2,1H3,(H,34,39)/b33-20-. The van der Waals surface area contributed by atoms with Crippen molar-refractivity contribution < 1.29 is 14.7 Å². The number of benzene rings is 4. The molecule has 0 saturated carbocycles. The van der Waals surface area contributed by atoms with Crippen molar-refractivity contribution in [2.45, 2.75) is 13.3 Å². The van der Waals surface area contributed by atoms with Crippen LogP contribution in [0.1, 0.15) is 27.0 Å². The van der Waals surface area contributed by atoms with Crippen LogP contribution in [0.3, 0.4) is 0 Å². The van der Waals surface area contributed by atoms with Crippen LogP contribution in [0, 0.1) is 6.92 Å². The largest absolute Gasteiger partial charge is 0.506 e. The number of fused-ring (bicyclic) bond motifs is 1. The number of halogens is 1. The van der Waals surface area contributed by atoms with Crippen LogP contribution in [0.5, 0.6) is 5.75 Å². The molecule has 4 aromatic carbocycles. The highest BCUT2D eigenvalue weighted by atomic mass is 35.5. The average Bonchev–Trinajstić information content (AvgIpc) is 2.96. The summed E-state index contributed by atoms with van der Waals surface area (Å²) in [6.45, 7) is 5.14. The lowest BCUT2D eigenvalue weighted by atomic mass is 9.97. The summed E-state index contributed by atoms with van der Waals surface area (Å²) in [6.07, 6.45) is 1.90. The Morgan fingerprint density at radius 2 is 1.67 bits per heavy atom. The third-order valence-electron chi connectivity index (χ3n) is 7.06. The first-order chi connectivity index (χ1) is 18.9. The second-order valence-electron chi connectivity index (χ2n) is 9.56. The predicted octanol–water partition coefficient (Wildman–Crippen LogP) is 5.16. The molecule has 1 aliphatic rings. The third-order valence-corrected chi connectivity index (χ3v) is 7.36. The summed E-state index contributed by atoms with van der Waals surface area (Å²) in [4.78, 5) is 29.9. The molecule has 1 aliphatic heterocycles. The van der Waals surface area contributed by atoms with Crippen LogP contribution in [-0.2, 0) is 11.2 Å². The highest BCUT2D eigenvalue weighted by Gasteiger charge is 2.22. The Bertz CT molecular complexity index is 1560. The van der Waals surface area contributed by atoms with E-state index < -0.39 is 5.91 Å². The smallest absolute Gasteiger partial charge is 0.271 e. The zero-order valence-corrected chi connectivity index (χ0v) is 22.4. The SMILES string of the molecule is Cc1ccccc1N1CCN(C(=O)Cc2ccc(/C=N\NC(=O)c3ccc(O)c(Cl)c3)c3ccccc23)CC1. The molecule has 4 aromatic rings. The second kappa shape index (κ2) is 11.6. The number of phenols is 1. The minimum Gasteiger partial charge on any atom is -0.506 e. The van der Waals surface area contributed by atoms with E-state index in [0.717, 1.165) is 35.0 Å². The molecule has 0 spiro atoms. The summed E-state index contributed by atoms with van der Waals surface area (Å²) in [6, 6.07) is 24.3. The van der Waals surface area contributed by atoms with E-state index >= 15 is 0 Å². The fourth-order valence-electron chi connectivity index (χ4n) is 4.91. The number of carbonyl (C=O) groups excluding carboxylic acids is 2. The van der Waals surface area contributed by atoms with Gasteiger partial charge in [0.15, 0.2) is 0 Å². The first kappa shape index (κ1) is 26.3. The van der Waals surface area contributed by atoms with Gasteiger partial charge in [0.25, 0.3) is 5.91 Å². The number of nitrogens with one attached hydrogen (secondary N) is 1. The van der Waals surface area contributed by atoms with E-state index in [0.29, 0.717) is 19.5 Å². The van der Waals surface area contributed by atoms with Crippen LogP contribution in [0.2, 0.25) is 5.02 Å². The molecule has 5 rings (SSSR count). The molecule has 198 valence electrons. The molecule has 1 saturated heterocycles. The zero-order valence-electron chi connectivity index (χ0n) is 21.6. The number of hydrazone groups is 1. The summed E-state index contributed by atoms with van der Waals surface area (Å²) < 4.78 is 0. The Kier molecular flexibility index (Phi) is 7.79. The lowest BCUT2D eigenvalue weighted by molar-refractivity contribution is -0.130. The molecule has 7 nitrogen and oxygen atoms in total. The number of phenolic OH excluding ortho intramolecular Hbond substituents is 1. The predicted molar refractivity (Wildman–Crippen MR) is 156 cm³/mol. The number of hydrogen-bond donors (Lipinski definition) is 2. The minimum atomic E-state index is -0.442. The molecule has 0 aliphatic carbocycles. The maximum Gasteiger partial charge on any atom is 0.271 e. The molecule has 39 heavy (non-hydrogen) atoms. The van der Waals surface area contributed by atoms with Gasteiger partial charge in [-0.25, -0.2) is 5.43 Å². The van der Waals surface area contributed by atoms with Crippen molar-refractivity contribution in [1.29, 1.82) is 0 Å². The molecule has 1 fully saturated rings. The van der Waals surface area contributed by atoms with Gasteiger partial charge in [-0.3, -0.25) is 9.59 Å². The highest BCUT2D eigenvalue weighted by Crippen LogP contribution is 2.25.